The van der Waals surface area contributed by atoms with E-state index in [4.69, 9.17) is 11.6 Å². The molecule has 0 bridgehead atoms. The number of hydrogen-bond donors (Lipinski definition) is 1. The van der Waals surface area contributed by atoms with Crippen molar-refractivity contribution in [3.63, 3.8) is 0 Å². The first-order valence-electron chi connectivity index (χ1n) is 9.06. The summed E-state index contributed by atoms with van der Waals surface area (Å²) < 4.78 is 25.2. The van der Waals surface area contributed by atoms with Crippen molar-refractivity contribution in [2.75, 3.05) is 17.1 Å². The lowest BCUT2D eigenvalue weighted by Crippen LogP contribution is -2.39. The first-order valence-corrected chi connectivity index (χ1v) is 11.3. The van der Waals surface area contributed by atoms with E-state index in [0.29, 0.717) is 5.71 Å². The van der Waals surface area contributed by atoms with Crippen LogP contribution in [-0.4, -0.2) is 32.8 Å². The zero-order valence-electron chi connectivity index (χ0n) is 17.2. The number of carbonyl (C=O) groups excluding carboxylic acids is 1. The van der Waals surface area contributed by atoms with Crippen molar-refractivity contribution in [1.29, 1.82) is 0 Å². The third-order valence-corrected chi connectivity index (χ3v) is 5.77. The molecule has 2 rings (SSSR count). The number of nitrogens with zero attached hydrogens (tertiary/aromatic N) is 2. The van der Waals surface area contributed by atoms with Crippen LogP contribution in [0.5, 0.6) is 0 Å². The molecule has 0 radical (unpaired) electrons. The number of halogens is 1. The molecule has 0 spiro atoms. The molecule has 0 atom stereocenters. The first-order chi connectivity index (χ1) is 13.4. The molecular formula is C21H26ClN3O3S. The van der Waals surface area contributed by atoms with E-state index < -0.39 is 22.5 Å². The lowest BCUT2D eigenvalue weighted by Gasteiger charge is -2.22. The number of anilines is 1. The largest absolute Gasteiger partial charge is 0.271 e. The van der Waals surface area contributed by atoms with Crippen LogP contribution in [-0.2, 0) is 20.2 Å². The van der Waals surface area contributed by atoms with Crippen molar-refractivity contribution < 1.29 is 13.2 Å². The molecular weight excluding hydrogens is 410 g/mol. The van der Waals surface area contributed by atoms with Crippen molar-refractivity contribution in [1.82, 2.24) is 5.43 Å². The van der Waals surface area contributed by atoms with Crippen LogP contribution < -0.4 is 9.73 Å². The van der Waals surface area contributed by atoms with E-state index in [1.807, 2.05) is 24.3 Å². The average Bonchev–Trinajstić information content (AvgIpc) is 2.63. The highest BCUT2D eigenvalue weighted by molar-refractivity contribution is 7.92. The topological polar surface area (TPSA) is 78.8 Å². The number of sulfonamides is 1. The van der Waals surface area contributed by atoms with Gasteiger partial charge in [-0.25, -0.2) is 13.8 Å². The third kappa shape index (κ3) is 6.30. The fourth-order valence-electron chi connectivity index (χ4n) is 2.62. The van der Waals surface area contributed by atoms with Crippen molar-refractivity contribution in [2.45, 2.75) is 33.1 Å². The molecule has 0 aliphatic rings. The lowest BCUT2D eigenvalue weighted by molar-refractivity contribution is -0.119. The summed E-state index contributed by atoms with van der Waals surface area (Å²) in [6.07, 6.45) is 1.02. The number of hydrogen-bond acceptors (Lipinski definition) is 4. The summed E-state index contributed by atoms with van der Waals surface area (Å²) >= 11 is 6.10. The number of rotatable bonds is 6. The summed E-state index contributed by atoms with van der Waals surface area (Å²) in [5.74, 6) is -0.569. The van der Waals surface area contributed by atoms with Gasteiger partial charge in [0.15, 0.2) is 0 Å². The number of hydrazone groups is 1. The predicted octanol–water partition coefficient (Wildman–Crippen LogP) is 3.94. The number of amides is 1. The minimum Gasteiger partial charge on any atom is -0.271 e. The Morgan fingerprint density at radius 1 is 1.10 bits per heavy atom. The van der Waals surface area contributed by atoms with Crippen molar-refractivity contribution in [2.24, 2.45) is 5.10 Å². The number of carbonyl (C=O) groups is 1. The molecule has 156 valence electrons. The molecule has 0 unspecified atom stereocenters. The molecule has 0 saturated heterocycles. The minimum atomic E-state index is -3.71. The Morgan fingerprint density at radius 3 is 2.21 bits per heavy atom. The minimum absolute atomic E-state index is 0.0472. The average molecular weight is 436 g/mol. The van der Waals surface area contributed by atoms with Crippen LogP contribution in [0.2, 0.25) is 5.02 Å². The van der Waals surface area contributed by atoms with Crippen LogP contribution in [0.25, 0.3) is 0 Å². The Kier molecular flexibility index (Phi) is 7.08. The Hall–Kier alpha value is -2.38. The molecule has 0 saturated carbocycles. The molecule has 2 aromatic carbocycles. The summed E-state index contributed by atoms with van der Waals surface area (Å²) in [7, 11) is -3.71. The normalized spacial score (nSPS) is 12.6. The molecule has 0 aliphatic carbocycles. The summed E-state index contributed by atoms with van der Waals surface area (Å²) in [5, 5.41) is 4.34. The Labute approximate surface area is 177 Å². The fraction of sp³-hybridized carbons (Fsp3) is 0.333. The molecule has 29 heavy (non-hydrogen) atoms. The highest BCUT2D eigenvalue weighted by atomic mass is 35.5. The summed E-state index contributed by atoms with van der Waals surface area (Å²) in [6, 6.07) is 14.4. The SMILES string of the molecule is C/C(=N\NC(=O)CN(c1ccccc1Cl)S(C)(=O)=O)c1ccc(C(C)(C)C)cc1. The van der Waals surface area contributed by atoms with Gasteiger partial charge in [0, 0.05) is 0 Å². The maximum atomic E-state index is 12.3. The number of para-hydroxylation sites is 1. The van der Waals surface area contributed by atoms with Crippen LogP contribution in [0.4, 0.5) is 5.69 Å². The van der Waals surface area contributed by atoms with Crippen LogP contribution in [0.3, 0.4) is 0 Å². The molecule has 0 aliphatic heterocycles. The fourth-order valence-corrected chi connectivity index (χ4v) is 3.78. The van der Waals surface area contributed by atoms with Gasteiger partial charge in [-0.05, 0) is 35.6 Å². The second-order valence-electron chi connectivity index (χ2n) is 7.78. The lowest BCUT2D eigenvalue weighted by atomic mass is 9.86. The third-order valence-electron chi connectivity index (χ3n) is 4.33. The van der Waals surface area contributed by atoms with Crippen LogP contribution in [0.1, 0.15) is 38.8 Å². The van der Waals surface area contributed by atoms with E-state index in [1.165, 1.54) is 5.56 Å². The Balaban J connectivity index is 2.13. The maximum absolute atomic E-state index is 12.3. The molecule has 0 aromatic heterocycles. The van der Waals surface area contributed by atoms with E-state index in [9.17, 15) is 13.2 Å². The summed E-state index contributed by atoms with van der Waals surface area (Å²) in [6.45, 7) is 7.75. The molecule has 1 N–H and O–H groups in total. The Bertz CT molecular complexity index is 1010. The predicted molar refractivity (Wildman–Crippen MR) is 119 cm³/mol. The van der Waals surface area contributed by atoms with Gasteiger partial charge in [0.05, 0.1) is 22.7 Å². The van der Waals surface area contributed by atoms with Gasteiger partial charge in [-0.2, -0.15) is 5.10 Å². The van der Waals surface area contributed by atoms with E-state index in [1.54, 1.807) is 31.2 Å². The van der Waals surface area contributed by atoms with Gasteiger partial charge in [-0.1, -0.05) is 68.8 Å². The maximum Gasteiger partial charge on any atom is 0.260 e. The monoisotopic (exact) mass is 435 g/mol. The van der Waals surface area contributed by atoms with E-state index in [-0.39, 0.29) is 16.1 Å². The molecule has 1 amide bonds. The van der Waals surface area contributed by atoms with Gasteiger partial charge in [0.25, 0.3) is 5.91 Å². The Morgan fingerprint density at radius 2 is 1.69 bits per heavy atom. The summed E-state index contributed by atoms with van der Waals surface area (Å²) in [4.78, 5) is 12.3. The van der Waals surface area contributed by atoms with E-state index in [0.717, 1.165) is 16.1 Å². The second-order valence-corrected chi connectivity index (χ2v) is 10.1. The van der Waals surface area contributed by atoms with Crippen LogP contribution in [0, 0.1) is 0 Å². The van der Waals surface area contributed by atoms with Gasteiger partial charge in [-0.3, -0.25) is 9.10 Å². The molecule has 2 aromatic rings. The quantitative estimate of drug-likeness (QED) is 0.551. The van der Waals surface area contributed by atoms with Gasteiger partial charge in [-0.15, -0.1) is 0 Å². The second kappa shape index (κ2) is 8.97. The first kappa shape index (κ1) is 22.9. The van der Waals surface area contributed by atoms with Crippen molar-refractivity contribution >= 4 is 38.9 Å². The van der Waals surface area contributed by atoms with E-state index >= 15 is 0 Å². The molecule has 8 heteroatoms. The van der Waals surface area contributed by atoms with Gasteiger partial charge in [0.1, 0.15) is 6.54 Å². The van der Waals surface area contributed by atoms with Crippen molar-refractivity contribution in [3.8, 4) is 0 Å². The van der Waals surface area contributed by atoms with Gasteiger partial charge >= 0.3 is 0 Å². The highest BCUT2D eigenvalue weighted by Crippen LogP contribution is 2.27. The smallest absolute Gasteiger partial charge is 0.260 e. The standard InChI is InChI=1S/C21H26ClN3O3S/c1-15(16-10-12-17(13-11-16)21(2,3)4)23-24-20(26)14-25(29(5,27)28)19-9-7-6-8-18(19)22/h6-13H,14H2,1-5H3,(H,24,26)/b23-15+. The number of nitrogens with one attached hydrogen (secondary N) is 1. The van der Waals surface area contributed by atoms with Crippen molar-refractivity contribution in [3.05, 3.63) is 64.7 Å². The zero-order valence-corrected chi connectivity index (χ0v) is 18.8. The molecule has 0 heterocycles. The summed E-state index contributed by atoms with van der Waals surface area (Å²) in [5.41, 5.74) is 5.38. The van der Waals surface area contributed by atoms with Crippen LogP contribution in [0.15, 0.2) is 53.6 Å². The highest BCUT2D eigenvalue weighted by Gasteiger charge is 2.22. The molecule has 6 nitrogen and oxygen atoms in total. The van der Waals surface area contributed by atoms with Gasteiger partial charge in [0.2, 0.25) is 10.0 Å². The van der Waals surface area contributed by atoms with Gasteiger partial charge < -0.3 is 0 Å². The zero-order chi connectivity index (χ0) is 21.8. The number of benzene rings is 2. The molecule has 0 fully saturated rings. The van der Waals surface area contributed by atoms with Crippen LogP contribution >= 0.6 is 11.6 Å². The van der Waals surface area contributed by atoms with E-state index in [2.05, 4.69) is 31.3 Å².